The predicted octanol–water partition coefficient (Wildman–Crippen LogP) is 5.85. The van der Waals surface area contributed by atoms with Crippen molar-refractivity contribution in [3.05, 3.63) is 108 Å². The van der Waals surface area contributed by atoms with Crippen LogP contribution in [-0.2, 0) is 10.0 Å². The molecular formula is C27H24N2O5S. The normalized spacial score (nSPS) is 10.9. The molecule has 0 unspecified atom stereocenters. The molecule has 0 bridgehead atoms. The molecule has 4 aromatic carbocycles. The fraction of sp³-hybridized carbons (Fsp3) is 0.0741. The van der Waals surface area contributed by atoms with Gasteiger partial charge >= 0.3 is 0 Å². The molecule has 0 aliphatic carbocycles. The Hall–Kier alpha value is -4.30. The Kier molecular flexibility index (Phi) is 7.03. The first-order valence-electron chi connectivity index (χ1n) is 10.8. The highest BCUT2D eigenvalue weighted by molar-refractivity contribution is 7.92. The minimum absolute atomic E-state index is 0.0491. The molecule has 2 N–H and O–H groups in total. The summed E-state index contributed by atoms with van der Waals surface area (Å²) in [5, 5.41) is 2.74. The number of carbonyl (C=O) groups excluding carboxylic acids is 1. The van der Waals surface area contributed by atoms with Crippen LogP contribution in [0.25, 0.3) is 0 Å². The van der Waals surface area contributed by atoms with E-state index in [0.717, 1.165) is 5.56 Å². The monoisotopic (exact) mass is 488 g/mol. The highest BCUT2D eigenvalue weighted by Crippen LogP contribution is 2.33. The van der Waals surface area contributed by atoms with E-state index >= 15 is 0 Å². The smallest absolute Gasteiger partial charge is 0.262 e. The van der Waals surface area contributed by atoms with Crippen molar-refractivity contribution >= 4 is 27.3 Å². The summed E-state index contributed by atoms with van der Waals surface area (Å²) >= 11 is 0. The SMILES string of the molecule is COc1ccc(S(=O)(=O)Nc2ccccc2Oc2ccccc2)cc1NC(=O)c1ccc(C)cc1. The first-order chi connectivity index (χ1) is 16.9. The topological polar surface area (TPSA) is 93.7 Å². The number of sulfonamides is 1. The second-order valence-corrected chi connectivity index (χ2v) is 9.38. The lowest BCUT2D eigenvalue weighted by Crippen LogP contribution is -2.16. The van der Waals surface area contributed by atoms with Gasteiger partial charge in [0.15, 0.2) is 5.75 Å². The van der Waals surface area contributed by atoms with Crippen LogP contribution in [0.5, 0.6) is 17.2 Å². The third kappa shape index (κ3) is 5.80. The van der Waals surface area contributed by atoms with Gasteiger partial charge in [-0.3, -0.25) is 9.52 Å². The molecule has 0 saturated carbocycles. The minimum atomic E-state index is -4.02. The van der Waals surface area contributed by atoms with E-state index < -0.39 is 10.0 Å². The lowest BCUT2D eigenvalue weighted by atomic mass is 10.1. The zero-order valence-electron chi connectivity index (χ0n) is 19.2. The van der Waals surface area contributed by atoms with Crippen LogP contribution in [0, 0.1) is 6.92 Å². The summed E-state index contributed by atoms with van der Waals surface area (Å²) in [4.78, 5) is 12.7. The molecule has 0 fully saturated rings. The Labute approximate surface area is 204 Å². The Morgan fingerprint density at radius 2 is 1.46 bits per heavy atom. The molecule has 0 aliphatic heterocycles. The second-order valence-electron chi connectivity index (χ2n) is 7.70. The van der Waals surface area contributed by atoms with Crippen molar-refractivity contribution in [1.82, 2.24) is 0 Å². The number of aryl methyl sites for hydroxylation is 1. The van der Waals surface area contributed by atoms with Gasteiger partial charge in [-0.25, -0.2) is 8.42 Å². The molecule has 35 heavy (non-hydrogen) atoms. The largest absolute Gasteiger partial charge is 0.495 e. The van der Waals surface area contributed by atoms with Crippen LogP contribution in [0.4, 0.5) is 11.4 Å². The second kappa shape index (κ2) is 10.3. The average molecular weight is 489 g/mol. The van der Waals surface area contributed by atoms with E-state index in [1.54, 1.807) is 48.5 Å². The van der Waals surface area contributed by atoms with Crippen molar-refractivity contribution in [1.29, 1.82) is 0 Å². The summed E-state index contributed by atoms with van der Waals surface area (Å²) in [6.07, 6.45) is 0. The first-order valence-corrected chi connectivity index (χ1v) is 12.2. The molecular weight excluding hydrogens is 464 g/mol. The molecule has 178 valence electrons. The molecule has 7 nitrogen and oxygen atoms in total. The molecule has 0 atom stereocenters. The zero-order valence-corrected chi connectivity index (χ0v) is 20.0. The van der Waals surface area contributed by atoms with Gasteiger partial charge in [-0.05, 0) is 61.5 Å². The van der Waals surface area contributed by atoms with Crippen LogP contribution >= 0.6 is 0 Å². The van der Waals surface area contributed by atoms with Gasteiger partial charge in [-0.2, -0.15) is 0 Å². The van der Waals surface area contributed by atoms with Crippen molar-refractivity contribution in [2.24, 2.45) is 0 Å². The van der Waals surface area contributed by atoms with Gasteiger partial charge in [0.1, 0.15) is 11.5 Å². The van der Waals surface area contributed by atoms with Gasteiger partial charge in [0, 0.05) is 5.56 Å². The van der Waals surface area contributed by atoms with Crippen molar-refractivity contribution in [3.63, 3.8) is 0 Å². The fourth-order valence-electron chi connectivity index (χ4n) is 3.31. The molecule has 0 saturated heterocycles. The number of benzene rings is 4. The predicted molar refractivity (Wildman–Crippen MR) is 136 cm³/mol. The van der Waals surface area contributed by atoms with E-state index in [2.05, 4.69) is 10.0 Å². The summed E-state index contributed by atoms with van der Waals surface area (Å²) < 4.78 is 40.2. The number of anilines is 2. The summed E-state index contributed by atoms with van der Waals surface area (Å²) in [5.74, 6) is 0.873. The minimum Gasteiger partial charge on any atom is -0.495 e. The molecule has 4 aromatic rings. The Balaban J connectivity index is 1.60. The van der Waals surface area contributed by atoms with Crippen LogP contribution in [-0.4, -0.2) is 21.4 Å². The highest BCUT2D eigenvalue weighted by atomic mass is 32.2. The van der Waals surface area contributed by atoms with E-state index in [0.29, 0.717) is 22.8 Å². The van der Waals surface area contributed by atoms with Gasteiger partial charge in [-0.15, -0.1) is 0 Å². The fourth-order valence-corrected chi connectivity index (χ4v) is 4.41. The lowest BCUT2D eigenvalue weighted by Gasteiger charge is -2.15. The average Bonchev–Trinajstić information content (AvgIpc) is 2.86. The maximum Gasteiger partial charge on any atom is 0.262 e. The number of hydrogen-bond donors (Lipinski definition) is 2. The van der Waals surface area contributed by atoms with Crippen LogP contribution < -0.4 is 19.5 Å². The van der Waals surface area contributed by atoms with Gasteiger partial charge in [0.25, 0.3) is 15.9 Å². The Morgan fingerprint density at radius 1 is 0.771 bits per heavy atom. The molecule has 0 radical (unpaired) electrons. The number of ether oxygens (including phenoxy) is 2. The molecule has 0 spiro atoms. The van der Waals surface area contributed by atoms with Crippen LogP contribution in [0.3, 0.4) is 0 Å². The standard InChI is InChI=1S/C27H24N2O5S/c1-19-12-14-20(15-13-19)27(30)28-24-18-22(16-17-25(24)33-2)35(31,32)29-23-10-6-7-11-26(23)34-21-8-4-3-5-9-21/h3-18,29H,1-2H3,(H,28,30). The van der Waals surface area contributed by atoms with Crippen LogP contribution in [0.2, 0.25) is 0 Å². The number of amides is 1. The molecule has 0 aromatic heterocycles. The molecule has 1 amide bonds. The van der Waals surface area contributed by atoms with E-state index in [4.69, 9.17) is 9.47 Å². The number of rotatable bonds is 8. The molecule has 0 aliphatic rings. The van der Waals surface area contributed by atoms with Gasteiger partial charge in [-0.1, -0.05) is 48.0 Å². The van der Waals surface area contributed by atoms with Gasteiger partial charge < -0.3 is 14.8 Å². The van der Waals surface area contributed by atoms with Crippen molar-refractivity contribution in [3.8, 4) is 17.2 Å². The van der Waals surface area contributed by atoms with Crippen molar-refractivity contribution in [2.45, 2.75) is 11.8 Å². The third-order valence-corrected chi connectivity index (χ3v) is 6.51. The highest BCUT2D eigenvalue weighted by Gasteiger charge is 2.20. The quantitative estimate of drug-likeness (QED) is 0.325. The summed E-state index contributed by atoms with van der Waals surface area (Å²) in [6.45, 7) is 1.93. The van der Waals surface area contributed by atoms with Crippen molar-refractivity contribution in [2.75, 3.05) is 17.1 Å². The molecule has 4 rings (SSSR count). The zero-order chi connectivity index (χ0) is 24.8. The number of carbonyl (C=O) groups is 1. The number of nitrogens with one attached hydrogen (secondary N) is 2. The van der Waals surface area contributed by atoms with E-state index in [9.17, 15) is 13.2 Å². The summed E-state index contributed by atoms with van der Waals surface area (Å²) in [5.41, 5.74) is 1.97. The van der Waals surface area contributed by atoms with Gasteiger partial charge in [0.2, 0.25) is 0 Å². The first kappa shape index (κ1) is 23.8. The van der Waals surface area contributed by atoms with Crippen LogP contribution in [0.15, 0.2) is 102 Å². The molecule has 0 heterocycles. The van der Waals surface area contributed by atoms with E-state index in [1.165, 1.54) is 25.3 Å². The summed E-state index contributed by atoms with van der Waals surface area (Å²) in [7, 11) is -2.57. The van der Waals surface area contributed by atoms with E-state index in [-0.39, 0.29) is 22.2 Å². The lowest BCUT2D eigenvalue weighted by molar-refractivity contribution is 0.102. The molecule has 8 heteroatoms. The maximum atomic E-state index is 13.2. The third-order valence-electron chi connectivity index (χ3n) is 5.15. The van der Waals surface area contributed by atoms with E-state index in [1.807, 2.05) is 37.3 Å². The van der Waals surface area contributed by atoms with Crippen molar-refractivity contribution < 1.29 is 22.7 Å². The number of para-hydroxylation sites is 3. The maximum absolute atomic E-state index is 13.2. The van der Waals surface area contributed by atoms with Gasteiger partial charge in [0.05, 0.1) is 23.4 Å². The summed E-state index contributed by atoms with van der Waals surface area (Å²) in [6, 6.07) is 27.1. The van der Waals surface area contributed by atoms with Crippen LogP contribution in [0.1, 0.15) is 15.9 Å². The Morgan fingerprint density at radius 3 is 2.17 bits per heavy atom. The number of methoxy groups -OCH3 is 1. The number of hydrogen-bond acceptors (Lipinski definition) is 5. The Bertz CT molecular complexity index is 1440.